The van der Waals surface area contributed by atoms with Gasteiger partial charge in [-0.25, -0.2) is 0 Å². The summed E-state index contributed by atoms with van der Waals surface area (Å²) in [5.74, 6) is 0.570. The quantitative estimate of drug-likeness (QED) is 0.728. The smallest absolute Gasteiger partial charge is 0.258 e. The van der Waals surface area contributed by atoms with Crippen LogP contribution in [-0.2, 0) is 20.7 Å². The SMILES string of the molecule is COc1ccc(CCOC2CCCCC2N2C(=O)CC(O)C2=O)cc1OC. The van der Waals surface area contributed by atoms with Gasteiger partial charge in [0.05, 0.1) is 39.4 Å². The number of aliphatic hydroxyl groups excluding tert-OH is 1. The lowest BCUT2D eigenvalue weighted by atomic mass is 9.91. The van der Waals surface area contributed by atoms with Crippen LogP contribution in [0.5, 0.6) is 11.5 Å². The van der Waals surface area contributed by atoms with Crippen LogP contribution >= 0.6 is 0 Å². The third-order valence-electron chi connectivity index (χ3n) is 5.33. The Morgan fingerprint density at radius 3 is 2.52 bits per heavy atom. The first-order valence-corrected chi connectivity index (χ1v) is 9.41. The number of carbonyl (C=O) groups is 2. The fourth-order valence-electron chi connectivity index (χ4n) is 3.91. The zero-order valence-corrected chi connectivity index (χ0v) is 15.8. The molecule has 2 aliphatic rings. The molecule has 2 fully saturated rings. The molecule has 1 aromatic carbocycles. The summed E-state index contributed by atoms with van der Waals surface area (Å²) in [4.78, 5) is 25.5. The van der Waals surface area contributed by atoms with Crippen LogP contribution in [0.1, 0.15) is 37.7 Å². The fourth-order valence-corrected chi connectivity index (χ4v) is 3.91. The second-order valence-corrected chi connectivity index (χ2v) is 7.02. The maximum atomic E-state index is 12.2. The predicted molar refractivity (Wildman–Crippen MR) is 97.7 cm³/mol. The maximum Gasteiger partial charge on any atom is 0.258 e. The molecule has 27 heavy (non-hydrogen) atoms. The third kappa shape index (κ3) is 4.25. The number of aliphatic hydroxyl groups is 1. The molecule has 7 nitrogen and oxygen atoms in total. The van der Waals surface area contributed by atoms with Crippen LogP contribution < -0.4 is 9.47 Å². The minimum atomic E-state index is -1.20. The van der Waals surface area contributed by atoms with Crippen molar-refractivity contribution in [2.45, 2.75) is 56.8 Å². The van der Waals surface area contributed by atoms with Crippen LogP contribution in [0.25, 0.3) is 0 Å². The summed E-state index contributed by atoms with van der Waals surface area (Å²) in [6.07, 6.45) is 2.68. The Bertz CT molecular complexity index is 691. The van der Waals surface area contributed by atoms with Gasteiger partial charge in [0.2, 0.25) is 5.91 Å². The van der Waals surface area contributed by atoms with Gasteiger partial charge in [-0.15, -0.1) is 0 Å². The first kappa shape index (κ1) is 19.6. The van der Waals surface area contributed by atoms with Crippen molar-refractivity contribution in [1.82, 2.24) is 4.90 Å². The summed E-state index contributed by atoms with van der Waals surface area (Å²) < 4.78 is 16.6. The number of hydrogen-bond donors (Lipinski definition) is 1. The van der Waals surface area contributed by atoms with Gasteiger partial charge < -0.3 is 19.3 Å². The number of ether oxygens (including phenoxy) is 3. The average Bonchev–Trinajstić information content (AvgIpc) is 2.93. The molecular formula is C20H27NO6. The lowest BCUT2D eigenvalue weighted by Crippen LogP contribution is -2.50. The Balaban J connectivity index is 1.61. The molecular weight excluding hydrogens is 350 g/mol. The van der Waals surface area contributed by atoms with E-state index < -0.39 is 12.0 Å². The molecule has 1 aromatic rings. The fraction of sp³-hybridized carbons (Fsp3) is 0.600. The van der Waals surface area contributed by atoms with Crippen molar-refractivity contribution in [2.75, 3.05) is 20.8 Å². The number of hydrogen-bond acceptors (Lipinski definition) is 6. The summed E-state index contributed by atoms with van der Waals surface area (Å²) in [7, 11) is 3.20. The normalized spacial score (nSPS) is 25.7. The topological polar surface area (TPSA) is 85.3 Å². The van der Waals surface area contributed by atoms with Gasteiger partial charge >= 0.3 is 0 Å². The standard InChI is InChI=1S/C20H27NO6/c1-25-17-8-7-13(11-18(17)26-2)9-10-27-16-6-4-3-5-14(16)21-19(23)12-15(22)20(21)24/h7-8,11,14-16,22H,3-6,9-10,12H2,1-2H3. The number of rotatable bonds is 7. The van der Waals surface area contributed by atoms with Gasteiger partial charge in [-0.05, 0) is 37.0 Å². The number of carbonyl (C=O) groups excluding carboxylic acids is 2. The average molecular weight is 377 g/mol. The molecule has 2 amide bonds. The van der Waals surface area contributed by atoms with Crippen LogP contribution in [-0.4, -0.2) is 60.9 Å². The van der Waals surface area contributed by atoms with E-state index in [4.69, 9.17) is 14.2 Å². The zero-order valence-electron chi connectivity index (χ0n) is 15.8. The third-order valence-corrected chi connectivity index (χ3v) is 5.33. The summed E-state index contributed by atoms with van der Waals surface area (Å²) in [5.41, 5.74) is 1.06. The second-order valence-electron chi connectivity index (χ2n) is 7.02. The number of likely N-dealkylation sites (tertiary alicyclic amines) is 1. The van der Waals surface area contributed by atoms with Gasteiger partial charge in [0.1, 0.15) is 6.10 Å². The van der Waals surface area contributed by atoms with Gasteiger partial charge in [-0.1, -0.05) is 18.9 Å². The zero-order chi connectivity index (χ0) is 19.4. The van der Waals surface area contributed by atoms with Crippen LogP contribution in [0.15, 0.2) is 18.2 Å². The van der Waals surface area contributed by atoms with E-state index in [-0.39, 0.29) is 24.5 Å². The molecule has 0 spiro atoms. The van der Waals surface area contributed by atoms with Crippen LogP contribution in [0.4, 0.5) is 0 Å². The lowest BCUT2D eigenvalue weighted by molar-refractivity contribution is -0.149. The molecule has 1 heterocycles. The number of amides is 2. The molecule has 0 radical (unpaired) electrons. The van der Waals surface area contributed by atoms with Crippen molar-refractivity contribution in [3.05, 3.63) is 23.8 Å². The van der Waals surface area contributed by atoms with E-state index in [1.54, 1.807) is 14.2 Å². The lowest BCUT2D eigenvalue weighted by Gasteiger charge is -2.36. The van der Waals surface area contributed by atoms with Crippen LogP contribution in [0, 0.1) is 0 Å². The Morgan fingerprint density at radius 1 is 1.11 bits per heavy atom. The van der Waals surface area contributed by atoms with Gasteiger partial charge in [0.15, 0.2) is 11.5 Å². The molecule has 3 atom stereocenters. The number of benzene rings is 1. The minimum Gasteiger partial charge on any atom is -0.493 e. The first-order valence-electron chi connectivity index (χ1n) is 9.41. The molecule has 0 bridgehead atoms. The number of methoxy groups -OCH3 is 2. The summed E-state index contributed by atoms with van der Waals surface area (Å²) in [6.45, 7) is 0.482. The molecule has 7 heteroatoms. The molecule has 1 aliphatic carbocycles. The predicted octanol–water partition coefficient (Wildman–Crippen LogP) is 1.69. The van der Waals surface area contributed by atoms with E-state index >= 15 is 0 Å². The van der Waals surface area contributed by atoms with Crippen molar-refractivity contribution in [3.8, 4) is 11.5 Å². The number of imide groups is 1. The molecule has 1 aliphatic heterocycles. The summed E-state index contributed by atoms with van der Waals surface area (Å²) >= 11 is 0. The van der Waals surface area contributed by atoms with Crippen LogP contribution in [0.3, 0.4) is 0 Å². The monoisotopic (exact) mass is 377 g/mol. The van der Waals surface area contributed by atoms with Gasteiger partial charge in [-0.3, -0.25) is 14.5 Å². The van der Waals surface area contributed by atoms with E-state index in [0.717, 1.165) is 31.2 Å². The van der Waals surface area contributed by atoms with Crippen molar-refractivity contribution >= 4 is 11.8 Å². The van der Waals surface area contributed by atoms with E-state index in [9.17, 15) is 14.7 Å². The van der Waals surface area contributed by atoms with E-state index in [1.165, 1.54) is 4.90 Å². The highest BCUT2D eigenvalue weighted by molar-refractivity contribution is 6.05. The summed E-state index contributed by atoms with van der Waals surface area (Å²) in [6, 6.07) is 5.47. The first-order chi connectivity index (χ1) is 13.0. The Labute approximate surface area is 159 Å². The largest absolute Gasteiger partial charge is 0.493 e. The van der Waals surface area contributed by atoms with Gasteiger partial charge in [0.25, 0.3) is 5.91 Å². The van der Waals surface area contributed by atoms with E-state index in [2.05, 4.69) is 0 Å². The Kier molecular flexibility index (Phi) is 6.34. The van der Waals surface area contributed by atoms with Gasteiger partial charge in [0, 0.05) is 0 Å². The number of nitrogens with zero attached hydrogens (tertiary/aromatic N) is 1. The van der Waals surface area contributed by atoms with E-state index in [0.29, 0.717) is 24.5 Å². The Hall–Kier alpha value is -2.12. The Morgan fingerprint density at radius 2 is 1.85 bits per heavy atom. The highest BCUT2D eigenvalue weighted by Crippen LogP contribution is 2.30. The van der Waals surface area contributed by atoms with Gasteiger partial charge in [-0.2, -0.15) is 0 Å². The van der Waals surface area contributed by atoms with Crippen LogP contribution in [0.2, 0.25) is 0 Å². The second kappa shape index (κ2) is 8.71. The summed E-state index contributed by atoms with van der Waals surface area (Å²) in [5, 5.41) is 9.70. The van der Waals surface area contributed by atoms with Crippen molar-refractivity contribution in [2.24, 2.45) is 0 Å². The molecule has 3 rings (SSSR count). The molecule has 148 valence electrons. The minimum absolute atomic E-state index is 0.117. The highest BCUT2D eigenvalue weighted by Gasteiger charge is 2.44. The molecule has 3 unspecified atom stereocenters. The van der Waals surface area contributed by atoms with E-state index in [1.807, 2.05) is 18.2 Å². The van der Waals surface area contributed by atoms with Crippen molar-refractivity contribution < 1.29 is 28.9 Å². The molecule has 1 N–H and O–H groups in total. The van der Waals surface area contributed by atoms with Crippen molar-refractivity contribution in [3.63, 3.8) is 0 Å². The molecule has 0 aromatic heterocycles. The highest BCUT2D eigenvalue weighted by atomic mass is 16.5. The molecule has 1 saturated heterocycles. The maximum absolute atomic E-state index is 12.2. The van der Waals surface area contributed by atoms with Crippen molar-refractivity contribution in [1.29, 1.82) is 0 Å². The molecule has 1 saturated carbocycles.